The van der Waals surface area contributed by atoms with Gasteiger partial charge in [-0.2, -0.15) is 10.1 Å². The van der Waals surface area contributed by atoms with Gasteiger partial charge in [0.05, 0.1) is 12.3 Å². The number of H-pyrrole nitrogens is 1. The van der Waals surface area contributed by atoms with Crippen LogP contribution in [0.15, 0.2) is 42.5 Å². The summed E-state index contributed by atoms with van der Waals surface area (Å²) in [6.07, 6.45) is -1.13. The van der Waals surface area contributed by atoms with Crippen molar-refractivity contribution in [1.82, 2.24) is 24.6 Å². The average Bonchev–Trinajstić information content (AvgIpc) is 3.27. The summed E-state index contributed by atoms with van der Waals surface area (Å²) < 4.78 is 14.8. The molecule has 0 aliphatic heterocycles. The molecule has 0 radical (unpaired) electrons. The minimum atomic E-state index is -1.13. The predicted molar refractivity (Wildman–Crippen MR) is 96.0 cm³/mol. The zero-order valence-electron chi connectivity index (χ0n) is 14.4. The standard InChI is InChI=1S/C18H17FN6O2/c1-10-8-14(24-23-10)20-18-22-17(16(27)11-2-4-12(19)5-3-11)21-15-7-6-13(9-26)25(15)18/h2-8,16,26-27H,9H2,1H3,(H2,20,21,22,23,24). The predicted octanol–water partition coefficient (Wildman–Crippen LogP) is 2.22. The molecule has 4 N–H and O–H groups in total. The minimum Gasteiger partial charge on any atom is -0.390 e. The monoisotopic (exact) mass is 368 g/mol. The molecule has 8 nitrogen and oxygen atoms in total. The number of fused-ring (bicyclic) bond motifs is 1. The van der Waals surface area contributed by atoms with Crippen molar-refractivity contribution in [2.24, 2.45) is 0 Å². The molecule has 3 aromatic heterocycles. The van der Waals surface area contributed by atoms with Crippen LogP contribution in [-0.4, -0.2) is 34.8 Å². The maximum Gasteiger partial charge on any atom is 0.216 e. The van der Waals surface area contributed by atoms with Gasteiger partial charge < -0.3 is 15.5 Å². The van der Waals surface area contributed by atoms with Gasteiger partial charge in [-0.1, -0.05) is 12.1 Å². The Kier molecular flexibility index (Phi) is 4.30. The second-order valence-corrected chi connectivity index (χ2v) is 6.10. The van der Waals surface area contributed by atoms with Gasteiger partial charge in [0.2, 0.25) is 5.95 Å². The van der Waals surface area contributed by atoms with E-state index in [2.05, 4.69) is 25.5 Å². The summed E-state index contributed by atoms with van der Waals surface area (Å²) in [5, 5.41) is 30.3. The maximum absolute atomic E-state index is 13.2. The summed E-state index contributed by atoms with van der Waals surface area (Å²) in [5.41, 5.74) is 2.42. The number of aromatic nitrogens is 5. The summed E-state index contributed by atoms with van der Waals surface area (Å²) in [6.45, 7) is 1.66. The molecule has 4 rings (SSSR count). The highest BCUT2D eigenvalue weighted by atomic mass is 19.1. The molecular formula is C18H17FN6O2. The number of halogens is 1. The highest BCUT2D eigenvalue weighted by molar-refractivity contribution is 5.55. The van der Waals surface area contributed by atoms with E-state index >= 15 is 0 Å². The third-order valence-electron chi connectivity index (χ3n) is 4.14. The first kappa shape index (κ1) is 17.1. The normalized spacial score (nSPS) is 12.4. The van der Waals surface area contributed by atoms with Gasteiger partial charge in [-0.05, 0) is 36.8 Å². The summed E-state index contributed by atoms with van der Waals surface area (Å²) >= 11 is 0. The number of anilines is 2. The molecule has 1 atom stereocenters. The first-order chi connectivity index (χ1) is 13.0. The lowest BCUT2D eigenvalue weighted by Crippen LogP contribution is -2.12. The summed E-state index contributed by atoms with van der Waals surface area (Å²) in [6, 6.07) is 10.7. The van der Waals surface area contributed by atoms with E-state index in [1.165, 1.54) is 24.3 Å². The molecule has 0 saturated heterocycles. The quantitative estimate of drug-likeness (QED) is 0.430. The molecule has 0 bridgehead atoms. The van der Waals surface area contributed by atoms with Gasteiger partial charge in [0, 0.05) is 11.8 Å². The molecule has 27 heavy (non-hydrogen) atoms. The number of nitrogens with zero attached hydrogens (tertiary/aromatic N) is 4. The molecule has 1 aromatic carbocycles. The van der Waals surface area contributed by atoms with Crippen LogP contribution in [0.25, 0.3) is 5.65 Å². The van der Waals surface area contributed by atoms with Crippen molar-refractivity contribution in [2.45, 2.75) is 19.6 Å². The van der Waals surface area contributed by atoms with Crippen LogP contribution in [0.4, 0.5) is 16.2 Å². The second kappa shape index (κ2) is 6.78. The summed E-state index contributed by atoms with van der Waals surface area (Å²) in [5.74, 6) is 0.633. The Morgan fingerprint density at radius 3 is 2.63 bits per heavy atom. The van der Waals surface area contributed by atoms with Crippen molar-refractivity contribution >= 4 is 17.4 Å². The van der Waals surface area contributed by atoms with E-state index in [1.54, 1.807) is 22.6 Å². The van der Waals surface area contributed by atoms with Crippen molar-refractivity contribution in [3.63, 3.8) is 0 Å². The molecule has 0 aliphatic carbocycles. The second-order valence-electron chi connectivity index (χ2n) is 6.10. The van der Waals surface area contributed by atoms with E-state index in [1.807, 2.05) is 6.92 Å². The molecule has 3 heterocycles. The number of aliphatic hydroxyl groups is 2. The van der Waals surface area contributed by atoms with Gasteiger partial charge in [-0.25, -0.2) is 9.37 Å². The SMILES string of the molecule is Cc1cc(Nc2nc(C(O)c3ccc(F)cc3)nc3ccc(CO)n23)n[nH]1. The zero-order chi connectivity index (χ0) is 19.0. The number of hydrogen-bond acceptors (Lipinski definition) is 6. The van der Waals surface area contributed by atoms with Crippen LogP contribution in [0.5, 0.6) is 0 Å². The van der Waals surface area contributed by atoms with Crippen molar-refractivity contribution in [2.75, 3.05) is 5.32 Å². The lowest BCUT2D eigenvalue weighted by Gasteiger charge is -2.14. The fourth-order valence-corrected chi connectivity index (χ4v) is 2.82. The number of nitrogens with one attached hydrogen (secondary N) is 2. The Bertz CT molecular complexity index is 1090. The smallest absolute Gasteiger partial charge is 0.216 e. The van der Waals surface area contributed by atoms with Gasteiger partial charge in [0.15, 0.2) is 11.6 Å². The minimum absolute atomic E-state index is 0.145. The van der Waals surface area contributed by atoms with Crippen LogP contribution in [0.3, 0.4) is 0 Å². The van der Waals surface area contributed by atoms with Gasteiger partial charge in [0.1, 0.15) is 17.6 Å². The maximum atomic E-state index is 13.2. The number of hydrogen-bond donors (Lipinski definition) is 4. The largest absolute Gasteiger partial charge is 0.390 e. The van der Waals surface area contributed by atoms with Crippen molar-refractivity contribution in [3.05, 3.63) is 71.1 Å². The first-order valence-electron chi connectivity index (χ1n) is 8.27. The number of benzene rings is 1. The Hall–Kier alpha value is -3.30. The van der Waals surface area contributed by atoms with Crippen LogP contribution in [-0.2, 0) is 6.61 Å². The van der Waals surface area contributed by atoms with Gasteiger partial charge >= 0.3 is 0 Å². The van der Waals surface area contributed by atoms with Crippen LogP contribution in [0, 0.1) is 12.7 Å². The molecular weight excluding hydrogens is 351 g/mol. The van der Waals surface area contributed by atoms with Crippen LogP contribution < -0.4 is 5.32 Å². The molecule has 0 aliphatic rings. The summed E-state index contributed by atoms with van der Waals surface area (Å²) in [4.78, 5) is 8.80. The van der Waals surface area contributed by atoms with Gasteiger partial charge in [0.25, 0.3) is 0 Å². The Morgan fingerprint density at radius 2 is 1.96 bits per heavy atom. The molecule has 9 heteroatoms. The molecule has 1 unspecified atom stereocenters. The highest BCUT2D eigenvalue weighted by Gasteiger charge is 2.19. The molecule has 0 spiro atoms. The third kappa shape index (κ3) is 3.25. The Balaban J connectivity index is 1.81. The highest BCUT2D eigenvalue weighted by Crippen LogP contribution is 2.24. The number of aryl methyl sites for hydroxylation is 1. The molecule has 0 fully saturated rings. The molecule has 0 saturated carbocycles. The third-order valence-corrected chi connectivity index (χ3v) is 4.14. The van der Waals surface area contributed by atoms with E-state index < -0.39 is 11.9 Å². The molecule has 4 aromatic rings. The van der Waals surface area contributed by atoms with Crippen molar-refractivity contribution < 1.29 is 14.6 Å². The van der Waals surface area contributed by atoms with Crippen molar-refractivity contribution in [1.29, 1.82) is 0 Å². The van der Waals surface area contributed by atoms with Crippen LogP contribution >= 0.6 is 0 Å². The molecule has 0 amide bonds. The van der Waals surface area contributed by atoms with Gasteiger partial charge in [-0.3, -0.25) is 9.50 Å². The Morgan fingerprint density at radius 1 is 1.19 bits per heavy atom. The van der Waals surface area contributed by atoms with E-state index in [9.17, 15) is 14.6 Å². The van der Waals surface area contributed by atoms with Crippen molar-refractivity contribution in [3.8, 4) is 0 Å². The van der Waals surface area contributed by atoms with E-state index in [-0.39, 0.29) is 12.4 Å². The number of aliphatic hydroxyl groups excluding tert-OH is 2. The molecule has 138 valence electrons. The summed E-state index contributed by atoms with van der Waals surface area (Å²) in [7, 11) is 0. The van der Waals surface area contributed by atoms with E-state index in [0.29, 0.717) is 28.7 Å². The lowest BCUT2D eigenvalue weighted by molar-refractivity contribution is 0.210. The first-order valence-corrected chi connectivity index (χ1v) is 8.27. The number of aromatic amines is 1. The topological polar surface area (TPSA) is 111 Å². The van der Waals surface area contributed by atoms with Crippen LogP contribution in [0.1, 0.15) is 28.9 Å². The zero-order valence-corrected chi connectivity index (χ0v) is 14.4. The number of rotatable bonds is 5. The Labute approximate surface area is 153 Å². The van der Waals surface area contributed by atoms with E-state index in [4.69, 9.17) is 0 Å². The van der Waals surface area contributed by atoms with E-state index in [0.717, 1.165) is 5.69 Å². The average molecular weight is 368 g/mol. The van der Waals surface area contributed by atoms with Crippen LogP contribution in [0.2, 0.25) is 0 Å². The lowest BCUT2D eigenvalue weighted by atomic mass is 10.1. The fourth-order valence-electron chi connectivity index (χ4n) is 2.82. The fraction of sp³-hybridized carbons (Fsp3) is 0.167. The van der Waals surface area contributed by atoms with Gasteiger partial charge in [-0.15, -0.1) is 0 Å².